The number of halogens is 3. The van der Waals surface area contributed by atoms with E-state index in [1.54, 1.807) is 6.92 Å². The summed E-state index contributed by atoms with van der Waals surface area (Å²) in [5.41, 5.74) is 0.329. The molecule has 0 aliphatic heterocycles. The van der Waals surface area contributed by atoms with Crippen molar-refractivity contribution < 1.29 is 27.6 Å². The Morgan fingerprint density at radius 2 is 2.10 bits per heavy atom. The molecular formula is C12H15F3N2O4. The minimum atomic E-state index is -4.35. The van der Waals surface area contributed by atoms with E-state index in [9.17, 15) is 23.3 Å². The number of nitrogens with one attached hydrogen (secondary N) is 1. The maximum absolute atomic E-state index is 11.8. The third-order valence-corrected chi connectivity index (χ3v) is 2.30. The normalized spacial score (nSPS) is 11.2. The average molecular weight is 308 g/mol. The second-order valence-electron chi connectivity index (χ2n) is 3.97. The maximum atomic E-state index is 11.8. The third kappa shape index (κ3) is 6.30. The van der Waals surface area contributed by atoms with Crippen LogP contribution in [0, 0.1) is 10.1 Å². The van der Waals surface area contributed by atoms with E-state index in [1.807, 2.05) is 0 Å². The maximum Gasteiger partial charge on any atom is 0.411 e. The lowest BCUT2D eigenvalue weighted by Crippen LogP contribution is -2.20. The Balaban J connectivity index is 2.52. The van der Waals surface area contributed by atoms with Crippen LogP contribution in [0.1, 0.15) is 6.92 Å². The van der Waals surface area contributed by atoms with Gasteiger partial charge in [0.25, 0.3) is 0 Å². The predicted molar refractivity (Wildman–Crippen MR) is 69.6 cm³/mol. The number of rotatable bonds is 8. The minimum Gasteiger partial charge on any atom is -0.487 e. The highest BCUT2D eigenvalue weighted by molar-refractivity contribution is 5.57. The molecule has 0 unspecified atom stereocenters. The summed E-state index contributed by atoms with van der Waals surface area (Å²) in [7, 11) is 0. The Bertz CT molecular complexity index is 480. The fourth-order valence-corrected chi connectivity index (χ4v) is 1.50. The van der Waals surface area contributed by atoms with Gasteiger partial charge in [-0.05, 0) is 13.0 Å². The van der Waals surface area contributed by atoms with Gasteiger partial charge >= 0.3 is 11.9 Å². The summed E-state index contributed by atoms with van der Waals surface area (Å²) in [6.45, 7) is 0.646. The van der Waals surface area contributed by atoms with Gasteiger partial charge in [-0.3, -0.25) is 10.1 Å². The van der Waals surface area contributed by atoms with Crippen LogP contribution < -0.4 is 10.1 Å². The van der Waals surface area contributed by atoms with Gasteiger partial charge in [0.1, 0.15) is 6.61 Å². The number of nitro groups is 1. The van der Waals surface area contributed by atoms with Gasteiger partial charge in [0.15, 0.2) is 5.75 Å². The lowest BCUT2D eigenvalue weighted by Gasteiger charge is -2.10. The summed E-state index contributed by atoms with van der Waals surface area (Å²) < 4.78 is 45.1. The van der Waals surface area contributed by atoms with Crippen LogP contribution in [0.5, 0.6) is 5.75 Å². The molecule has 0 bridgehead atoms. The van der Waals surface area contributed by atoms with E-state index in [4.69, 9.17) is 4.74 Å². The van der Waals surface area contributed by atoms with Crippen molar-refractivity contribution in [3.8, 4) is 5.75 Å². The number of anilines is 1. The van der Waals surface area contributed by atoms with Gasteiger partial charge in [-0.2, -0.15) is 13.2 Å². The van der Waals surface area contributed by atoms with E-state index in [-0.39, 0.29) is 31.2 Å². The van der Waals surface area contributed by atoms with Crippen LogP contribution >= 0.6 is 0 Å². The van der Waals surface area contributed by atoms with Crippen LogP contribution in [0.25, 0.3) is 0 Å². The highest BCUT2D eigenvalue weighted by Gasteiger charge is 2.27. The zero-order chi connectivity index (χ0) is 15.9. The summed E-state index contributed by atoms with van der Waals surface area (Å²) in [4.78, 5) is 10.2. The molecule has 0 saturated carbocycles. The zero-order valence-corrected chi connectivity index (χ0v) is 11.3. The molecule has 0 saturated heterocycles. The SMILES string of the molecule is CCOc1cc(NCCOCC(F)(F)F)ccc1[N+](=O)[O-]. The van der Waals surface area contributed by atoms with Gasteiger partial charge in [-0.15, -0.1) is 0 Å². The van der Waals surface area contributed by atoms with Crippen molar-refractivity contribution in [2.75, 3.05) is 31.7 Å². The lowest BCUT2D eigenvalue weighted by atomic mass is 10.2. The van der Waals surface area contributed by atoms with Gasteiger partial charge in [0, 0.05) is 24.4 Å². The first-order valence-electron chi connectivity index (χ1n) is 6.13. The van der Waals surface area contributed by atoms with E-state index in [1.165, 1.54) is 18.2 Å². The molecule has 0 spiro atoms. The lowest BCUT2D eigenvalue weighted by molar-refractivity contribution is -0.385. The van der Waals surface area contributed by atoms with Crippen molar-refractivity contribution in [1.29, 1.82) is 0 Å². The second kappa shape index (κ2) is 7.67. The molecule has 6 nitrogen and oxygen atoms in total. The first-order chi connectivity index (χ1) is 9.83. The average Bonchev–Trinajstić information content (AvgIpc) is 2.37. The molecule has 1 rings (SSSR count). The van der Waals surface area contributed by atoms with Crippen molar-refractivity contribution in [1.82, 2.24) is 0 Å². The molecule has 0 amide bonds. The molecular weight excluding hydrogens is 293 g/mol. The number of ether oxygens (including phenoxy) is 2. The summed E-state index contributed by atoms with van der Waals surface area (Å²) in [6, 6.07) is 4.14. The van der Waals surface area contributed by atoms with Crippen LogP contribution in [-0.4, -0.2) is 37.5 Å². The number of nitro benzene ring substituents is 1. The number of hydrogen-bond acceptors (Lipinski definition) is 5. The van der Waals surface area contributed by atoms with Gasteiger partial charge in [-0.25, -0.2) is 0 Å². The molecule has 9 heteroatoms. The summed E-state index contributed by atoms with van der Waals surface area (Å²) in [5.74, 6) is 0.101. The van der Waals surface area contributed by atoms with Crippen LogP contribution in [0.2, 0.25) is 0 Å². The minimum absolute atomic E-state index is 0.101. The van der Waals surface area contributed by atoms with E-state index < -0.39 is 17.7 Å². The standard InChI is InChI=1S/C12H15F3N2O4/c1-2-21-11-7-9(3-4-10(11)17(18)19)16-5-6-20-8-12(13,14)15/h3-4,7,16H,2,5-6,8H2,1H3. The van der Waals surface area contributed by atoms with Crippen LogP contribution in [0.3, 0.4) is 0 Å². The van der Waals surface area contributed by atoms with Gasteiger partial charge in [-0.1, -0.05) is 0 Å². The molecule has 1 N–H and O–H groups in total. The summed E-state index contributed by atoms with van der Waals surface area (Å²) in [6.07, 6.45) is -4.35. The van der Waals surface area contributed by atoms with Gasteiger partial charge < -0.3 is 14.8 Å². The Morgan fingerprint density at radius 1 is 1.38 bits per heavy atom. The van der Waals surface area contributed by atoms with Crippen LogP contribution in [-0.2, 0) is 4.74 Å². The van der Waals surface area contributed by atoms with Crippen molar-refractivity contribution >= 4 is 11.4 Å². The largest absolute Gasteiger partial charge is 0.487 e. The first-order valence-corrected chi connectivity index (χ1v) is 6.13. The number of benzene rings is 1. The van der Waals surface area contributed by atoms with Crippen molar-refractivity contribution in [2.45, 2.75) is 13.1 Å². The molecule has 1 aromatic carbocycles. The fraction of sp³-hybridized carbons (Fsp3) is 0.500. The highest BCUT2D eigenvalue weighted by Crippen LogP contribution is 2.29. The molecule has 118 valence electrons. The molecule has 0 aliphatic rings. The molecule has 0 aromatic heterocycles. The van der Waals surface area contributed by atoms with Gasteiger partial charge in [0.05, 0.1) is 18.1 Å². The smallest absolute Gasteiger partial charge is 0.411 e. The Labute approximate surface area is 119 Å². The topological polar surface area (TPSA) is 73.6 Å². The van der Waals surface area contributed by atoms with E-state index >= 15 is 0 Å². The molecule has 0 radical (unpaired) electrons. The molecule has 0 fully saturated rings. The predicted octanol–water partition coefficient (Wildman–Crippen LogP) is 2.98. The number of hydrogen-bond donors (Lipinski definition) is 1. The molecule has 0 aliphatic carbocycles. The van der Waals surface area contributed by atoms with E-state index in [2.05, 4.69) is 10.1 Å². The highest BCUT2D eigenvalue weighted by atomic mass is 19.4. The first kappa shape index (κ1) is 17.0. The molecule has 1 aromatic rings. The van der Waals surface area contributed by atoms with Crippen molar-refractivity contribution in [2.24, 2.45) is 0 Å². The van der Waals surface area contributed by atoms with Crippen LogP contribution in [0.15, 0.2) is 18.2 Å². The Kier molecular flexibility index (Phi) is 6.22. The monoisotopic (exact) mass is 308 g/mol. The van der Waals surface area contributed by atoms with Crippen molar-refractivity contribution in [3.05, 3.63) is 28.3 Å². The van der Waals surface area contributed by atoms with Gasteiger partial charge in [0.2, 0.25) is 0 Å². The summed E-state index contributed by atoms with van der Waals surface area (Å²) >= 11 is 0. The zero-order valence-electron chi connectivity index (χ0n) is 11.3. The number of nitrogens with zero attached hydrogens (tertiary/aromatic N) is 1. The Hall–Kier alpha value is -2.03. The quantitative estimate of drug-likeness (QED) is 0.454. The second-order valence-corrected chi connectivity index (χ2v) is 3.97. The van der Waals surface area contributed by atoms with E-state index in [0.717, 1.165) is 0 Å². The third-order valence-electron chi connectivity index (χ3n) is 2.30. The Morgan fingerprint density at radius 3 is 2.67 bits per heavy atom. The van der Waals surface area contributed by atoms with Crippen LogP contribution in [0.4, 0.5) is 24.5 Å². The van der Waals surface area contributed by atoms with E-state index in [0.29, 0.717) is 5.69 Å². The number of alkyl halides is 3. The molecule has 0 heterocycles. The molecule has 21 heavy (non-hydrogen) atoms. The molecule has 0 atom stereocenters. The summed E-state index contributed by atoms with van der Waals surface area (Å²) in [5, 5.41) is 13.6. The van der Waals surface area contributed by atoms with Crippen molar-refractivity contribution in [3.63, 3.8) is 0 Å². The fourth-order valence-electron chi connectivity index (χ4n) is 1.50.